The van der Waals surface area contributed by atoms with E-state index in [1.807, 2.05) is 45.4 Å². The number of anilines is 1. The molecule has 3 aromatic heterocycles. The molecule has 4 nitrogen and oxygen atoms in total. The average Bonchev–Trinajstić information content (AvgIpc) is 2.93. The SMILES string of the molecule is CC.CNc1ccc(Cc2c[nH]c3ncccc23)cn1. The van der Waals surface area contributed by atoms with Gasteiger partial charge in [0.05, 0.1) is 0 Å². The molecule has 0 aliphatic heterocycles. The second kappa shape index (κ2) is 6.70. The highest BCUT2D eigenvalue weighted by Crippen LogP contribution is 2.19. The number of H-pyrrole nitrogens is 1. The van der Waals surface area contributed by atoms with Crippen LogP contribution >= 0.6 is 0 Å². The van der Waals surface area contributed by atoms with Crippen LogP contribution in [0.15, 0.2) is 42.9 Å². The van der Waals surface area contributed by atoms with Crippen LogP contribution in [0.1, 0.15) is 25.0 Å². The van der Waals surface area contributed by atoms with Gasteiger partial charge in [-0.1, -0.05) is 19.9 Å². The third-order valence-corrected chi connectivity index (χ3v) is 3.01. The summed E-state index contributed by atoms with van der Waals surface area (Å²) in [5, 5.41) is 4.19. The summed E-state index contributed by atoms with van der Waals surface area (Å²) in [5.74, 6) is 0.888. The molecule has 0 fully saturated rings. The van der Waals surface area contributed by atoms with Crippen LogP contribution in [0, 0.1) is 0 Å². The topological polar surface area (TPSA) is 53.6 Å². The molecule has 0 unspecified atom stereocenters. The molecule has 3 aromatic rings. The minimum Gasteiger partial charge on any atom is -0.373 e. The van der Waals surface area contributed by atoms with Crippen molar-refractivity contribution in [2.24, 2.45) is 0 Å². The van der Waals surface area contributed by atoms with E-state index >= 15 is 0 Å². The summed E-state index contributed by atoms with van der Waals surface area (Å²) in [4.78, 5) is 11.8. The van der Waals surface area contributed by atoms with Crippen LogP contribution in [-0.4, -0.2) is 22.0 Å². The Morgan fingerprint density at radius 2 is 2.00 bits per heavy atom. The van der Waals surface area contributed by atoms with Crippen LogP contribution in [-0.2, 0) is 6.42 Å². The van der Waals surface area contributed by atoms with E-state index in [1.165, 1.54) is 16.5 Å². The maximum atomic E-state index is 4.32. The summed E-state index contributed by atoms with van der Waals surface area (Å²) < 4.78 is 0. The molecule has 0 aromatic carbocycles. The number of hydrogen-bond donors (Lipinski definition) is 2. The lowest BCUT2D eigenvalue weighted by molar-refractivity contribution is 1.15. The predicted molar refractivity (Wildman–Crippen MR) is 84.0 cm³/mol. The summed E-state index contributed by atoms with van der Waals surface area (Å²) in [6, 6.07) is 8.13. The first-order chi connectivity index (χ1) is 9.86. The number of nitrogens with zero attached hydrogens (tertiary/aromatic N) is 2. The van der Waals surface area contributed by atoms with E-state index in [-0.39, 0.29) is 0 Å². The van der Waals surface area contributed by atoms with Gasteiger partial charge in [-0.3, -0.25) is 0 Å². The van der Waals surface area contributed by atoms with Crippen LogP contribution in [0.25, 0.3) is 11.0 Å². The monoisotopic (exact) mass is 268 g/mol. The molecule has 0 amide bonds. The van der Waals surface area contributed by atoms with E-state index in [4.69, 9.17) is 0 Å². The molecule has 0 saturated carbocycles. The normalized spacial score (nSPS) is 9.95. The zero-order chi connectivity index (χ0) is 14.4. The summed E-state index contributed by atoms with van der Waals surface area (Å²) in [7, 11) is 1.87. The molecule has 0 aliphatic carbocycles. The Morgan fingerprint density at radius 1 is 1.15 bits per heavy atom. The molecule has 2 N–H and O–H groups in total. The lowest BCUT2D eigenvalue weighted by Crippen LogP contribution is -1.93. The highest BCUT2D eigenvalue weighted by atomic mass is 14.9. The number of aromatic amines is 1. The Kier molecular flexibility index (Phi) is 4.71. The van der Waals surface area contributed by atoms with Gasteiger partial charge < -0.3 is 10.3 Å². The lowest BCUT2D eigenvalue weighted by Gasteiger charge is -2.02. The van der Waals surface area contributed by atoms with E-state index in [0.717, 1.165) is 17.9 Å². The zero-order valence-corrected chi connectivity index (χ0v) is 12.1. The van der Waals surface area contributed by atoms with Gasteiger partial charge in [0.15, 0.2) is 0 Å². The van der Waals surface area contributed by atoms with Gasteiger partial charge in [-0.15, -0.1) is 0 Å². The van der Waals surface area contributed by atoms with Crippen LogP contribution in [0.3, 0.4) is 0 Å². The summed E-state index contributed by atoms with van der Waals surface area (Å²) in [5.41, 5.74) is 3.38. The van der Waals surface area contributed by atoms with Crippen molar-refractivity contribution in [2.75, 3.05) is 12.4 Å². The second-order valence-electron chi connectivity index (χ2n) is 4.19. The van der Waals surface area contributed by atoms with Crippen molar-refractivity contribution in [1.29, 1.82) is 0 Å². The molecule has 0 aliphatic rings. The van der Waals surface area contributed by atoms with Crippen LogP contribution in [0.5, 0.6) is 0 Å². The first-order valence-electron chi connectivity index (χ1n) is 6.90. The highest BCUT2D eigenvalue weighted by Gasteiger charge is 2.05. The van der Waals surface area contributed by atoms with Crippen molar-refractivity contribution in [3.63, 3.8) is 0 Å². The number of nitrogens with one attached hydrogen (secondary N) is 2. The average molecular weight is 268 g/mol. The highest BCUT2D eigenvalue weighted by molar-refractivity contribution is 5.79. The minimum absolute atomic E-state index is 0.864. The predicted octanol–water partition coefficient (Wildman–Crippen LogP) is 3.62. The molecule has 3 heterocycles. The van der Waals surface area contributed by atoms with Gasteiger partial charge in [-0.05, 0) is 29.3 Å². The standard InChI is InChI=1S/C14H14N4.C2H6/c1-15-13-5-4-10(8-17-13)7-11-9-18-14-12(11)3-2-6-16-14;1-2/h2-6,8-9H,7H2,1H3,(H,15,17)(H,16,18);1-2H3. The maximum Gasteiger partial charge on any atom is 0.137 e. The Morgan fingerprint density at radius 3 is 2.70 bits per heavy atom. The number of fused-ring (bicyclic) bond motifs is 1. The third-order valence-electron chi connectivity index (χ3n) is 3.01. The van der Waals surface area contributed by atoms with Crippen molar-refractivity contribution in [3.05, 3.63) is 54.0 Å². The first kappa shape index (κ1) is 14.1. The Bertz CT molecular complexity index is 656. The van der Waals surface area contributed by atoms with Gasteiger partial charge in [0.1, 0.15) is 11.5 Å². The molecule has 0 spiro atoms. The quantitative estimate of drug-likeness (QED) is 0.763. The molecule has 0 radical (unpaired) electrons. The van der Waals surface area contributed by atoms with Crippen LogP contribution < -0.4 is 5.32 Å². The van der Waals surface area contributed by atoms with Crippen LogP contribution in [0.2, 0.25) is 0 Å². The van der Waals surface area contributed by atoms with Gasteiger partial charge >= 0.3 is 0 Å². The first-order valence-corrected chi connectivity index (χ1v) is 6.90. The number of rotatable bonds is 3. The molecular formula is C16H20N4. The fourth-order valence-electron chi connectivity index (χ4n) is 2.06. The number of pyridine rings is 2. The van der Waals surface area contributed by atoms with E-state index in [2.05, 4.69) is 32.4 Å². The van der Waals surface area contributed by atoms with Crippen molar-refractivity contribution < 1.29 is 0 Å². The molecule has 4 heteroatoms. The van der Waals surface area contributed by atoms with Crippen molar-refractivity contribution in [3.8, 4) is 0 Å². The Labute approximate surface area is 119 Å². The van der Waals surface area contributed by atoms with Gasteiger partial charge in [-0.2, -0.15) is 0 Å². The molecule has 0 saturated heterocycles. The molecule has 104 valence electrons. The smallest absolute Gasteiger partial charge is 0.137 e. The van der Waals surface area contributed by atoms with Gasteiger partial charge in [-0.25, -0.2) is 9.97 Å². The lowest BCUT2D eigenvalue weighted by atomic mass is 10.1. The largest absolute Gasteiger partial charge is 0.373 e. The Balaban J connectivity index is 0.000000704. The molecule has 3 rings (SSSR count). The fourth-order valence-corrected chi connectivity index (χ4v) is 2.06. The summed E-state index contributed by atoms with van der Waals surface area (Å²) >= 11 is 0. The van der Waals surface area contributed by atoms with E-state index < -0.39 is 0 Å². The minimum atomic E-state index is 0.864. The van der Waals surface area contributed by atoms with Gasteiger partial charge in [0, 0.05) is 37.4 Å². The van der Waals surface area contributed by atoms with Crippen molar-refractivity contribution >= 4 is 16.9 Å². The number of aromatic nitrogens is 3. The second-order valence-corrected chi connectivity index (χ2v) is 4.19. The zero-order valence-electron chi connectivity index (χ0n) is 12.1. The van der Waals surface area contributed by atoms with Gasteiger partial charge in [0.25, 0.3) is 0 Å². The van der Waals surface area contributed by atoms with Crippen LogP contribution in [0.4, 0.5) is 5.82 Å². The fraction of sp³-hybridized carbons (Fsp3) is 0.250. The number of hydrogen-bond acceptors (Lipinski definition) is 3. The van der Waals surface area contributed by atoms with Crippen molar-refractivity contribution in [1.82, 2.24) is 15.0 Å². The molecule has 20 heavy (non-hydrogen) atoms. The Hall–Kier alpha value is -2.36. The van der Waals surface area contributed by atoms with E-state index in [0.29, 0.717) is 0 Å². The molecule has 0 bridgehead atoms. The summed E-state index contributed by atoms with van der Waals surface area (Å²) in [6.45, 7) is 4.00. The maximum absolute atomic E-state index is 4.32. The van der Waals surface area contributed by atoms with E-state index in [9.17, 15) is 0 Å². The van der Waals surface area contributed by atoms with E-state index in [1.54, 1.807) is 6.20 Å². The van der Waals surface area contributed by atoms with Crippen molar-refractivity contribution in [2.45, 2.75) is 20.3 Å². The molecule has 0 atom stereocenters. The summed E-state index contributed by atoms with van der Waals surface area (Å²) in [6.07, 6.45) is 6.58. The van der Waals surface area contributed by atoms with Gasteiger partial charge in [0.2, 0.25) is 0 Å². The molecular weight excluding hydrogens is 248 g/mol. The third kappa shape index (κ3) is 2.96.